The SMILES string of the molecule is CC(C)Cn1ccc2ccc(C(=O)O)cc21. The number of benzene rings is 1. The molecule has 0 radical (unpaired) electrons. The fourth-order valence-electron chi connectivity index (χ4n) is 1.87. The Morgan fingerprint density at radius 1 is 1.38 bits per heavy atom. The van der Waals surface area contributed by atoms with Crippen LogP contribution in [0.2, 0.25) is 0 Å². The molecule has 0 saturated heterocycles. The Hall–Kier alpha value is -1.77. The van der Waals surface area contributed by atoms with Crippen LogP contribution in [0.3, 0.4) is 0 Å². The van der Waals surface area contributed by atoms with Crippen molar-refractivity contribution in [1.29, 1.82) is 0 Å². The zero-order valence-electron chi connectivity index (χ0n) is 9.47. The Kier molecular flexibility index (Phi) is 2.69. The molecular weight excluding hydrogens is 202 g/mol. The molecule has 0 unspecified atom stereocenters. The third-order valence-corrected chi connectivity index (χ3v) is 2.58. The lowest BCUT2D eigenvalue weighted by atomic mass is 10.1. The summed E-state index contributed by atoms with van der Waals surface area (Å²) in [6.07, 6.45) is 2.01. The van der Waals surface area contributed by atoms with Gasteiger partial charge in [0.1, 0.15) is 0 Å². The van der Waals surface area contributed by atoms with Gasteiger partial charge in [0, 0.05) is 18.3 Å². The molecule has 0 aliphatic rings. The molecule has 0 aliphatic heterocycles. The highest BCUT2D eigenvalue weighted by molar-refractivity contribution is 5.93. The second-order valence-electron chi connectivity index (χ2n) is 4.44. The third kappa shape index (κ3) is 1.94. The van der Waals surface area contributed by atoms with Crippen LogP contribution in [-0.4, -0.2) is 15.6 Å². The third-order valence-electron chi connectivity index (χ3n) is 2.58. The first kappa shape index (κ1) is 10.7. The minimum atomic E-state index is -0.876. The standard InChI is InChI=1S/C13H15NO2/c1-9(2)8-14-6-5-10-3-4-11(13(15)16)7-12(10)14/h3-7,9H,8H2,1-2H3,(H,15,16). The molecule has 1 N–H and O–H groups in total. The maximum absolute atomic E-state index is 10.9. The Morgan fingerprint density at radius 3 is 2.75 bits per heavy atom. The Bertz CT molecular complexity index is 526. The summed E-state index contributed by atoms with van der Waals surface area (Å²) >= 11 is 0. The average Bonchev–Trinajstić information content (AvgIpc) is 2.60. The average molecular weight is 217 g/mol. The minimum absolute atomic E-state index is 0.344. The van der Waals surface area contributed by atoms with E-state index in [4.69, 9.17) is 5.11 Å². The topological polar surface area (TPSA) is 42.2 Å². The van der Waals surface area contributed by atoms with Gasteiger partial charge in [0.15, 0.2) is 0 Å². The molecule has 3 nitrogen and oxygen atoms in total. The van der Waals surface area contributed by atoms with E-state index in [-0.39, 0.29) is 0 Å². The maximum atomic E-state index is 10.9. The van der Waals surface area contributed by atoms with Crippen LogP contribution >= 0.6 is 0 Å². The first-order valence-electron chi connectivity index (χ1n) is 5.40. The number of nitrogens with zero attached hydrogens (tertiary/aromatic N) is 1. The van der Waals surface area contributed by atoms with Crippen molar-refractivity contribution < 1.29 is 9.90 Å². The number of aromatic carboxylic acids is 1. The van der Waals surface area contributed by atoms with Crippen LogP contribution in [0.25, 0.3) is 10.9 Å². The number of carbonyl (C=O) groups is 1. The number of fused-ring (bicyclic) bond motifs is 1. The highest BCUT2D eigenvalue weighted by atomic mass is 16.4. The molecule has 1 aromatic heterocycles. The Labute approximate surface area is 94.3 Å². The van der Waals surface area contributed by atoms with E-state index in [9.17, 15) is 4.79 Å². The lowest BCUT2D eigenvalue weighted by molar-refractivity contribution is 0.0697. The summed E-state index contributed by atoms with van der Waals surface area (Å²) in [4.78, 5) is 10.9. The lowest BCUT2D eigenvalue weighted by Gasteiger charge is -2.08. The van der Waals surface area contributed by atoms with E-state index in [0.29, 0.717) is 11.5 Å². The zero-order chi connectivity index (χ0) is 11.7. The van der Waals surface area contributed by atoms with Crippen LogP contribution in [0.1, 0.15) is 24.2 Å². The molecule has 0 fully saturated rings. The molecule has 0 bridgehead atoms. The van der Waals surface area contributed by atoms with E-state index in [1.165, 1.54) is 0 Å². The molecule has 1 heterocycles. The van der Waals surface area contributed by atoms with Gasteiger partial charge >= 0.3 is 5.97 Å². The number of carboxylic acid groups (broad SMARTS) is 1. The van der Waals surface area contributed by atoms with E-state index in [2.05, 4.69) is 18.4 Å². The molecule has 1 aromatic carbocycles. The zero-order valence-corrected chi connectivity index (χ0v) is 9.47. The summed E-state index contributed by atoms with van der Waals surface area (Å²) in [6, 6.07) is 7.25. The van der Waals surface area contributed by atoms with Gasteiger partial charge in [-0.05, 0) is 29.5 Å². The van der Waals surface area contributed by atoms with Gasteiger partial charge in [-0.2, -0.15) is 0 Å². The molecule has 0 saturated carbocycles. The van der Waals surface area contributed by atoms with Crippen LogP contribution in [0.15, 0.2) is 30.5 Å². The van der Waals surface area contributed by atoms with E-state index >= 15 is 0 Å². The van der Waals surface area contributed by atoms with Crippen molar-refractivity contribution in [2.24, 2.45) is 5.92 Å². The van der Waals surface area contributed by atoms with Gasteiger partial charge in [0.25, 0.3) is 0 Å². The fourth-order valence-corrected chi connectivity index (χ4v) is 1.87. The normalized spacial score (nSPS) is 11.2. The van der Waals surface area contributed by atoms with Gasteiger partial charge in [0.05, 0.1) is 5.56 Å². The van der Waals surface area contributed by atoms with Crippen molar-refractivity contribution in [2.75, 3.05) is 0 Å². The van der Waals surface area contributed by atoms with Gasteiger partial charge in [-0.15, -0.1) is 0 Å². The number of carboxylic acids is 1. The quantitative estimate of drug-likeness (QED) is 0.858. The van der Waals surface area contributed by atoms with E-state index in [1.807, 2.05) is 18.3 Å². The fraction of sp³-hybridized carbons (Fsp3) is 0.308. The molecule has 2 aromatic rings. The predicted octanol–water partition coefficient (Wildman–Crippen LogP) is 3.00. The van der Waals surface area contributed by atoms with Gasteiger partial charge in [-0.3, -0.25) is 0 Å². The number of rotatable bonds is 3. The highest BCUT2D eigenvalue weighted by Gasteiger charge is 2.07. The summed E-state index contributed by atoms with van der Waals surface area (Å²) in [6.45, 7) is 5.20. The molecule has 2 rings (SSSR count). The molecular formula is C13H15NO2. The van der Waals surface area contributed by atoms with Crippen molar-refractivity contribution in [3.8, 4) is 0 Å². The summed E-state index contributed by atoms with van der Waals surface area (Å²) < 4.78 is 2.10. The van der Waals surface area contributed by atoms with Crippen molar-refractivity contribution in [1.82, 2.24) is 4.57 Å². The van der Waals surface area contributed by atoms with Crippen LogP contribution in [0, 0.1) is 5.92 Å². The monoisotopic (exact) mass is 217 g/mol. The van der Waals surface area contributed by atoms with Gasteiger partial charge in [-0.25, -0.2) is 4.79 Å². The summed E-state index contributed by atoms with van der Waals surface area (Å²) in [5.41, 5.74) is 1.34. The largest absolute Gasteiger partial charge is 0.478 e. The van der Waals surface area contributed by atoms with E-state index < -0.39 is 5.97 Å². The first-order chi connectivity index (χ1) is 7.58. The summed E-state index contributed by atoms with van der Waals surface area (Å²) in [7, 11) is 0. The number of hydrogen-bond donors (Lipinski definition) is 1. The Morgan fingerprint density at radius 2 is 2.12 bits per heavy atom. The van der Waals surface area contributed by atoms with Crippen LogP contribution < -0.4 is 0 Å². The highest BCUT2D eigenvalue weighted by Crippen LogP contribution is 2.19. The molecule has 0 spiro atoms. The summed E-state index contributed by atoms with van der Waals surface area (Å²) in [5.74, 6) is -0.330. The Balaban J connectivity index is 2.51. The van der Waals surface area contributed by atoms with Crippen molar-refractivity contribution in [3.63, 3.8) is 0 Å². The number of aromatic nitrogens is 1. The minimum Gasteiger partial charge on any atom is -0.478 e. The van der Waals surface area contributed by atoms with Crippen LogP contribution in [-0.2, 0) is 6.54 Å². The second-order valence-corrected chi connectivity index (χ2v) is 4.44. The number of hydrogen-bond acceptors (Lipinski definition) is 1. The van der Waals surface area contributed by atoms with Crippen molar-refractivity contribution in [3.05, 3.63) is 36.0 Å². The molecule has 84 valence electrons. The van der Waals surface area contributed by atoms with Crippen LogP contribution in [0.5, 0.6) is 0 Å². The van der Waals surface area contributed by atoms with Gasteiger partial charge in [0.2, 0.25) is 0 Å². The molecule has 0 aliphatic carbocycles. The molecule has 0 atom stereocenters. The first-order valence-corrected chi connectivity index (χ1v) is 5.40. The predicted molar refractivity (Wildman–Crippen MR) is 63.7 cm³/mol. The van der Waals surface area contributed by atoms with Gasteiger partial charge < -0.3 is 9.67 Å². The van der Waals surface area contributed by atoms with Crippen LogP contribution in [0.4, 0.5) is 0 Å². The van der Waals surface area contributed by atoms with Crippen molar-refractivity contribution in [2.45, 2.75) is 20.4 Å². The second kappa shape index (κ2) is 4.00. The van der Waals surface area contributed by atoms with E-state index in [1.54, 1.807) is 12.1 Å². The molecule has 0 amide bonds. The maximum Gasteiger partial charge on any atom is 0.335 e. The van der Waals surface area contributed by atoms with Crippen molar-refractivity contribution >= 4 is 16.9 Å². The molecule has 16 heavy (non-hydrogen) atoms. The smallest absolute Gasteiger partial charge is 0.335 e. The van der Waals surface area contributed by atoms with Gasteiger partial charge in [-0.1, -0.05) is 19.9 Å². The molecule has 3 heteroatoms. The van der Waals surface area contributed by atoms with E-state index in [0.717, 1.165) is 17.4 Å². The lowest BCUT2D eigenvalue weighted by Crippen LogP contribution is -2.03. The summed E-state index contributed by atoms with van der Waals surface area (Å²) in [5, 5.41) is 10.0.